The molecule has 1 aromatic carbocycles. The minimum Gasteiger partial charge on any atom is -0.469 e. The maximum absolute atomic E-state index is 11.7. The van der Waals surface area contributed by atoms with E-state index in [-0.39, 0.29) is 25.2 Å². The third-order valence-corrected chi connectivity index (χ3v) is 2.47. The van der Waals surface area contributed by atoms with Crippen molar-refractivity contribution in [1.82, 2.24) is 0 Å². The molecule has 0 saturated heterocycles. The van der Waals surface area contributed by atoms with Crippen molar-refractivity contribution in [3.05, 3.63) is 35.9 Å². The van der Waals surface area contributed by atoms with Gasteiger partial charge in [-0.05, 0) is 5.56 Å². The molecule has 0 spiro atoms. The molecular weight excluding hydrogens is 244 g/mol. The normalized spacial score (nSPS) is 10.9. The Morgan fingerprint density at radius 3 is 2.26 bits per heavy atom. The predicted molar refractivity (Wildman–Crippen MR) is 73.7 cm³/mol. The molecule has 1 atom stereocenters. The summed E-state index contributed by atoms with van der Waals surface area (Å²) in [6.45, 7) is 3.63. The van der Waals surface area contributed by atoms with E-state index in [1.165, 1.54) is 7.11 Å². The van der Waals surface area contributed by atoms with Crippen LogP contribution < -0.4 is 0 Å². The molecule has 0 heterocycles. The summed E-state index contributed by atoms with van der Waals surface area (Å²) in [5.41, 5.74) is 0.902. The lowest BCUT2D eigenvalue weighted by Crippen LogP contribution is -2.23. The van der Waals surface area contributed by atoms with Crippen LogP contribution in [0.4, 0.5) is 0 Å². The van der Waals surface area contributed by atoms with Crippen LogP contribution in [-0.4, -0.2) is 30.6 Å². The number of esters is 1. The summed E-state index contributed by atoms with van der Waals surface area (Å²) in [6.07, 6.45) is 0.284. The first kappa shape index (κ1) is 17.3. The Balaban J connectivity index is 0.00000154. The van der Waals surface area contributed by atoms with Crippen molar-refractivity contribution in [2.24, 2.45) is 5.92 Å². The summed E-state index contributed by atoms with van der Waals surface area (Å²) in [7, 11) is 1.24. The van der Waals surface area contributed by atoms with Gasteiger partial charge in [-0.25, -0.2) is 0 Å². The topological polar surface area (TPSA) is 63.6 Å². The highest BCUT2D eigenvalue weighted by atomic mass is 16.5. The third-order valence-electron chi connectivity index (χ3n) is 2.47. The molecule has 0 aromatic heterocycles. The molecule has 0 aliphatic carbocycles. The lowest BCUT2D eigenvalue weighted by molar-refractivity contribution is -0.148. The minimum atomic E-state index is -0.754. The lowest BCUT2D eigenvalue weighted by atomic mass is 9.99. The monoisotopic (exact) mass is 266 g/mol. The first-order chi connectivity index (χ1) is 9.17. The van der Waals surface area contributed by atoms with E-state index in [1.807, 2.05) is 44.2 Å². The van der Waals surface area contributed by atoms with Crippen LogP contribution in [0, 0.1) is 5.92 Å². The van der Waals surface area contributed by atoms with E-state index in [4.69, 9.17) is 5.11 Å². The Morgan fingerprint density at radius 2 is 1.79 bits per heavy atom. The summed E-state index contributed by atoms with van der Waals surface area (Å²) >= 11 is 0. The number of rotatable bonds is 6. The van der Waals surface area contributed by atoms with Crippen LogP contribution in [0.25, 0.3) is 0 Å². The van der Waals surface area contributed by atoms with Crippen molar-refractivity contribution >= 4 is 11.8 Å². The highest BCUT2D eigenvalue weighted by Crippen LogP contribution is 2.09. The van der Waals surface area contributed by atoms with E-state index in [2.05, 4.69) is 4.74 Å². The van der Waals surface area contributed by atoms with E-state index < -0.39 is 11.9 Å². The fourth-order valence-corrected chi connectivity index (χ4v) is 1.56. The van der Waals surface area contributed by atoms with Crippen molar-refractivity contribution < 1.29 is 19.4 Å². The van der Waals surface area contributed by atoms with Gasteiger partial charge in [0.2, 0.25) is 0 Å². The number of benzene rings is 1. The number of hydrogen-bond donors (Lipinski definition) is 1. The van der Waals surface area contributed by atoms with Gasteiger partial charge >= 0.3 is 5.97 Å². The second-order valence-electron chi connectivity index (χ2n) is 3.81. The summed E-state index contributed by atoms with van der Waals surface area (Å²) in [6, 6.07) is 9.28. The van der Waals surface area contributed by atoms with E-state index in [0.29, 0.717) is 0 Å². The highest BCUT2D eigenvalue weighted by Gasteiger charge is 2.21. The van der Waals surface area contributed by atoms with Gasteiger partial charge in [0.15, 0.2) is 0 Å². The summed E-state index contributed by atoms with van der Waals surface area (Å²) in [5.74, 6) is -1.38. The van der Waals surface area contributed by atoms with Gasteiger partial charge in [-0.15, -0.1) is 0 Å². The number of aliphatic hydroxyl groups excluding tert-OH is 1. The summed E-state index contributed by atoms with van der Waals surface area (Å²) in [5, 5.41) is 8.99. The Kier molecular flexibility index (Phi) is 9.35. The Bertz CT molecular complexity index is 373. The highest BCUT2D eigenvalue weighted by molar-refractivity contribution is 5.85. The zero-order chi connectivity index (χ0) is 14.7. The number of hydrogen-bond acceptors (Lipinski definition) is 4. The van der Waals surface area contributed by atoms with Gasteiger partial charge < -0.3 is 9.84 Å². The molecule has 1 N–H and O–H groups in total. The van der Waals surface area contributed by atoms with Gasteiger partial charge in [-0.2, -0.15) is 0 Å². The van der Waals surface area contributed by atoms with E-state index in [0.717, 1.165) is 5.56 Å². The largest absolute Gasteiger partial charge is 0.469 e. The van der Waals surface area contributed by atoms with Crippen molar-refractivity contribution in [1.29, 1.82) is 0 Å². The SMILES string of the molecule is CC.COC(=O)C(CO)CC(=O)Cc1ccccc1. The van der Waals surface area contributed by atoms with Gasteiger partial charge in [0.25, 0.3) is 0 Å². The number of ketones is 1. The molecule has 0 aliphatic rings. The van der Waals surface area contributed by atoms with Crippen LogP contribution in [0.15, 0.2) is 30.3 Å². The van der Waals surface area contributed by atoms with Crippen molar-refractivity contribution in [2.45, 2.75) is 26.7 Å². The first-order valence-electron chi connectivity index (χ1n) is 6.41. The molecule has 0 aliphatic heterocycles. The van der Waals surface area contributed by atoms with Crippen LogP contribution >= 0.6 is 0 Å². The Hall–Kier alpha value is -1.68. The average molecular weight is 266 g/mol. The summed E-state index contributed by atoms with van der Waals surface area (Å²) in [4.78, 5) is 22.9. The minimum absolute atomic E-state index is 0.0120. The van der Waals surface area contributed by atoms with Gasteiger partial charge in [0, 0.05) is 12.8 Å². The second-order valence-corrected chi connectivity index (χ2v) is 3.81. The number of methoxy groups -OCH3 is 1. The number of carbonyl (C=O) groups excluding carboxylic acids is 2. The molecule has 0 amide bonds. The Morgan fingerprint density at radius 1 is 1.21 bits per heavy atom. The second kappa shape index (κ2) is 10.3. The molecule has 0 saturated carbocycles. The molecule has 4 heteroatoms. The van der Waals surface area contributed by atoms with Crippen molar-refractivity contribution in [3.63, 3.8) is 0 Å². The lowest BCUT2D eigenvalue weighted by Gasteiger charge is -2.10. The molecule has 106 valence electrons. The van der Waals surface area contributed by atoms with Gasteiger partial charge in [-0.3, -0.25) is 9.59 Å². The fraction of sp³-hybridized carbons (Fsp3) is 0.467. The quantitative estimate of drug-likeness (QED) is 0.800. The van der Waals surface area contributed by atoms with Gasteiger partial charge in [0.05, 0.1) is 19.6 Å². The standard InChI is InChI=1S/C13H16O4.C2H6/c1-17-13(16)11(9-14)8-12(15)7-10-5-3-2-4-6-10;1-2/h2-6,11,14H,7-9H2,1H3;1-2H3. The van der Waals surface area contributed by atoms with Crippen LogP contribution in [0.5, 0.6) is 0 Å². The van der Waals surface area contributed by atoms with Crippen LogP contribution in [-0.2, 0) is 20.7 Å². The number of Topliss-reactive ketones (excluding diaryl/α,β-unsaturated/α-hetero) is 1. The van der Waals surface area contributed by atoms with Crippen LogP contribution in [0.1, 0.15) is 25.8 Å². The molecule has 0 radical (unpaired) electrons. The average Bonchev–Trinajstić information content (AvgIpc) is 2.47. The zero-order valence-electron chi connectivity index (χ0n) is 11.8. The van der Waals surface area contributed by atoms with E-state index in [1.54, 1.807) is 0 Å². The van der Waals surface area contributed by atoms with Gasteiger partial charge in [0.1, 0.15) is 5.78 Å². The van der Waals surface area contributed by atoms with Crippen LogP contribution in [0.3, 0.4) is 0 Å². The molecule has 0 bridgehead atoms. The van der Waals surface area contributed by atoms with Crippen molar-refractivity contribution in [2.75, 3.05) is 13.7 Å². The molecule has 4 nitrogen and oxygen atoms in total. The van der Waals surface area contributed by atoms with E-state index >= 15 is 0 Å². The molecule has 1 unspecified atom stereocenters. The number of aliphatic hydroxyl groups is 1. The molecule has 0 fully saturated rings. The number of carbonyl (C=O) groups is 2. The predicted octanol–water partition coefficient (Wildman–Crippen LogP) is 2.00. The molecule has 1 rings (SSSR count). The van der Waals surface area contributed by atoms with Crippen molar-refractivity contribution in [3.8, 4) is 0 Å². The third kappa shape index (κ3) is 6.72. The number of ether oxygens (including phenoxy) is 1. The first-order valence-corrected chi connectivity index (χ1v) is 6.41. The molecule has 1 aromatic rings. The Labute approximate surface area is 114 Å². The maximum Gasteiger partial charge on any atom is 0.311 e. The smallest absolute Gasteiger partial charge is 0.311 e. The zero-order valence-corrected chi connectivity index (χ0v) is 11.8. The van der Waals surface area contributed by atoms with Crippen LogP contribution in [0.2, 0.25) is 0 Å². The summed E-state index contributed by atoms with van der Waals surface area (Å²) < 4.78 is 4.50. The maximum atomic E-state index is 11.7. The fourth-order valence-electron chi connectivity index (χ4n) is 1.56. The van der Waals surface area contributed by atoms with Gasteiger partial charge in [-0.1, -0.05) is 44.2 Å². The molecule has 19 heavy (non-hydrogen) atoms. The van der Waals surface area contributed by atoms with E-state index in [9.17, 15) is 9.59 Å². The molecular formula is C15H22O4.